The lowest BCUT2D eigenvalue weighted by atomic mass is 10.1. The first-order valence-electron chi connectivity index (χ1n) is 7.44. The van der Waals surface area contributed by atoms with Gasteiger partial charge in [-0.05, 0) is 46.1 Å². The minimum Gasteiger partial charge on any atom is -0.321 e. The number of fused-ring (bicyclic) bond motifs is 1. The number of nitrogens with one attached hydrogen (secondary N) is 1. The number of carbonyl (C=O) groups excluding carboxylic acids is 1. The number of nitrogens with zero attached hydrogens (tertiary/aromatic N) is 4. The van der Waals surface area contributed by atoms with E-state index < -0.39 is 0 Å². The van der Waals surface area contributed by atoms with Gasteiger partial charge in [0.15, 0.2) is 0 Å². The second-order valence-electron chi connectivity index (χ2n) is 5.28. The molecule has 0 aliphatic heterocycles. The first-order valence-corrected chi connectivity index (χ1v) is 7.44. The van der Waals surface area contributed by atoms with Crippen molar-refractivity contribution < 1.29 is 4.79 Å². The fourth-order valence-corrected chi connectivity index (χ4v) is 2.57. The van der Waals surface area contributed by atoms with Gasteiger partial charge in [0.05, 0.1) is 5.69 Å². The summed E-state index contributed by atoms with van der Waals surface area (Å²) in [6.07, 6.45) is 1.51. The van der Waals surface area contributed by atoms with Gasteiger partial charge in [-0.25, -0.2) is 4.68 Å². The molecule has 0 spiro atoms. The van der Waals surface area contributed by atoms with Crippen molar-refractivity contribution in [2.24, 2.45) is 0 Å². The van der Waals surface area contributed by atoms with Gasteiger partial charge in [-0.2, -0.15) is 0 Å². The normalized spacial score (nSPS) is 10.7. The van der Waals surface area contributed by atoms with Crippen LogP contribution in [0.1, 0.15) is 10.4 Å². The molecule has 116 valence electrons. The summed E-state index contributed by atoms with van der Waals surface area (Å²) in [6, 6.07) is 20.9. The van der Waals surface area contributed by atoms with Crippen LogP contribution in [0.2, 0.25) is 0 Å². The Kier molecular flexibility index (Phi) is 3.47. The van der Waals surface area contributed by atoms with Crippen molar-refractivity contribution in [1.29, 1.82) is 0 Å². The quantitative estimate of drug-likeness (QED) is 0.630. The summed E-state index contributed by atoms with van der Waals surface area (Å²) in [6.45, 7) is 0. The average Bonchev–Trinajstić information content (AvgIpc) is 3.17. The second-order valence-corrected chi connectivity index (χ2v) is 5.28. The van der Waals surface area contributed by atoms with E-state index in [2.05, 4.69) is 20.8 Å². The monoisotopic (exact) mass is 315 g/mol. The Labute approximate surface area is 137 Å². The van der Waals surface area contributed by atoms with E-state index in [9.17, 15) is 4.79 Å². The molecule has 0 saturated heterocycles. The number of tetrazole rings is 1. The van der Waals surface area contributed by atoms with Gasteiger partial charge in [0.2, 0.25) is 0 Å². The zero-order valence-electron chi connectivity index (χ0n) is 12.6. The Morgan fingerprint density at radius 3 is 2.50 bits per heavy atom. The summed E-state index contributed by atoms with van der Waals surface area (Å²) < 4.78 is 1.53. The highest BCUT2D eigenvalue weighted by Crippen LogP contribution is 2.23. The van der Waals surface area contributed by atoms with Gasteiger partial charge in [-0.1, -0.05) is 36.4 Å². The highest BCUT2D eigenvalue weighted by Gasteiger charge is 2.09. The number of hydrogen-bond acceptors (Lipinski definition) is 4. The first-order chi connectivity index (χ1) is 11.8. The van der Waals surface area contributed by atoms with Crippen LogP contribution >= 0.6 is 0 Å². The molecule has 0 unspecified atom stereocenters. The van der Waals surface area contributed by atoms with E-state index in [1.165, 1.54) is 11.0 Å². The third-order valence-corrected chi connectivity index (χ3v) is 3.78. The highest BCUT2D eigenvalue weighted by atomic mass is 16.1. The number of benzene rings is 3. The minimum absolute atomic E-state index is 0.158. The fourth-order valence-electron chi connectivity index (χ4n) is 2.57. The van der Waals surface area contributed by atoms with Crippen molar-refractivity contribution in [3.8, 4) is 5.69 Å². The van der Waals surface area contributed by atoms with Gasteiger partial charge in [-0.15, -0.1) is 5.10 Å². The van der Waals surface area contributed by atoms with Crippen LogP contribution in [-0.2, 0) is 0 Å². The Morgan fingerprint density at radius 1 is 0.917 bits per heavy atom. The zero-order valence-corrected chi connectivity index (χ0v) is 12.6. The molecule has 6 nitrogen and oxygen atoms in total. The summed E-state index contributed by atoms with van der Waals surface area (Å²) in [4.78, 5) is 12.5. The largest absolute Gasteiger partial charge is 0.321 e. The van der Waals surface area contributed by atoms with Crippen LogP contribution in [0.5, 0.6) is 0 Å². The fraction of sp³-hybridized carbons (Fsp3) is 0. The molecule has 0 saturated carbocycles. The van der Waals surface area contributed by atoms with Crippen LogP contribution in [0.3, 0.4) is 0 Å². The van der Waals surface area contributed by atoms with Crippen LogP contribution in [0.15, 0.2) is 73.1 Å². The molecule has 24 heavy (non-hydrogen) atoms. The summed E-state index contributed by atoms with van der Waals surface area (Å²) in [5, 5.41) is 16.1. The van der Waals surface area contributed by atoms with E-state index in [0.717, 1.165) is 22.1 Å². The molecule has 0 bridgehead atoms. The van der Waals surface area contributed by atoms with Gasteiger partial charge >= 0.3 is 0 Å². The van der Waals surface area contributed by atoms with Gasteiger partial charge in [-0.3, -0.25) is 4.79 Å². The molecule has 1 amide bonds. The number of carbonyl (C=O) groups is 1. The summed E-state index contributed by atoms with van der Waals surface area (Å²) in [5.41, 5.74) is 2.16. The Morgan fingerprint density at radius 2 is 1.71 bits per heavy atom. The average molecular weight is 315 g/mol. The molecule has 4 aromatic rings. The smallest absolute Gasteiger partial charge is 0.255 e. The third-order valence-electron chi connectivity index (χ3n) is 3.78. The first kappa shape index (κ1) is 14.1. The molecular weight excluding hydrogens is 302 g/mol. The molecular formula is C18H13N5O. The molecule has 1 heterocycles. The molecule has 3 aromatic carbocycles. The highest BCUT2D eigenvalue weighted by molar-refractivity contribution is 6.09. The van der Waals surface area contributed by atoms with E-state index >= 15 is 0 Å². The Bertz CT molecular complexity index is 988. The van der Waals surface area contributed by atoms with Crippen molar-refractivity contribution in [2.45, 2.75) is 0 Å². The second kappa shape index (κ2) is 5.92. The van der Waals surface area contributed by atoms with Crippen molar-refractivity contribution in [3.05, 3.63) is 78.6 Å². The lowest BCUT2D eigenvalue weighted by Crippen LogP contribution is -2.12. The molecule has 0 radical (unpaired) electrons. The SMILES string of the molecule is O=C(Nc1cccc2ccccc12)c1ccc(-n2cnnn2)cc1. The zero-order chi connectivity index (χ0) is 16.4. The topological polar surface area (TPSA) is 72.7 Å². The lowest BCUT2D eigenvalue weighted by Gasteiger charge is -2.09. The number of rotatable bonds is 3. The standard InChI is InChI=1S/C18H13N5O/c24-18(14-8-10-15(11-9-14)23-12-19-21-22-23)20-17-7-3-5-13-4-1-2-6-16(13)17/h1-12H,(H,20,24). The summed E-state index contributed by atoms with van der Waals surface area (Å²) in [7, 11) is 0. The van der Waals surface area contributed by atoms with E-state index in [0.29, 0.717) is 5.56 Å². The van der Waals surface area contributed by atoms with Crippen LogP contribution < -0.4 is 5.32 Å². The predicted molar refractivity (Wildman–Crippen MR) is 91.1 cm³/mol. The maximum absolute atomic E-state index is 12.5. The molecule has 1 aromatic heterocycles. The molecule has 6 heteroatoms. The number of aromatic nitrogens is 4. The predicted octanol–water partition coefficient (Wildman–Crippen LogP) is 3.07. The van der Waals surface area contributed by atoms with Crippen molar-refractivity contribution in [1.82, 2.24) is 20.2 Å². The summed E-state index contributed by atoms with van der Waals surface area (Å²) >= 11 is 0. The molecule has 4 rings (SSSR count). The molecule has 1 N–H and O–H groups in total. The van der Waals surface area contributed by atoms with E-state index in [-0.39, 0.29) is 5.91 Å². The third kappa shape index (κ3) is 2.61. The maximum atomic E-state index is 12.5. The van der Waals surface area contributed by atoms with Crippen molar-refractivity contribution >= 4 is 22.4 Å². The van der Waals surface area contributed by atoms with Gasteiger partial charge in [0, 0.05) is 16.6 Å². The number of amides is 1. The van der Waals surface area contributed by atoms with Gasteiger partial charge in [0.25, 0.3) is 5.91 Å². The van der Waals surface area contributed by atoms with Gasteiger partial charge in [0.1, 0.15) is 6.33 Å². The van der Waals surface area contributed by atoms with Crippen LogP contribution in [0, 0.1) is 0 Å². The van der Waals surface area contributed by atoms with E-state index in [1.807, 2.05) is 42.5 Å². The van der Waals surface area contributed by atoms with Crippen LogP contribution in [-0.4, -0.2) is 26.1 Å². The summed E-state index contributed by atoms with van der Waals surface area (Å²) in [5.74, 6) is -0.158. The van der Waals surface area contributed by atoms with Crippen molar-refractivity contribution in [3.63, 3.8) is 0 Å². The lowest BCUT2D eigenvalue weighted by molar-refractivity contribution is 0.102. The van der Waals surface area contributed by atoms with Crippen molar-refractivity contribution in [2.75, 3.05) is 5.32 Å². The molecule has 0 aliphatic rings. The van der Waals surface area contributed by atoms with Crippen LogP contribution in [0.25, 0.3) is 16.5 Å². The van der Waals surface area contributed by atoms with E-state index in [4.69, 9.17) is 0 Å². The number of anilines is 1. The molecule has 0 aliphatic carbocycles. The van der Waals surface area contributed by atoms with E-state index in [1.54, 1.807) is 24.3 Å². The maximum Gasteiger partial charge on any atom is 0.255 e. The molecule has 0 fully saturated rings. The Balaban J connectivity index is 1.60. The van der Waals surface area contributed by atoms with Gasteiger partial charge < -0.3 is 5.32 Å². The Hall–Kier alpha value is -3.54. The molecule has 0 atom stereocenters. The minimum atomic E-state index is -0.158. The number of hydrogen-bond donors (Lipinski definition) is 1. The van der Waals surface area contributed by atoms with Crippen LogP contribution in [0.4, 0.5) is 5.69 Å².